The quantitative estimate of drug-likeness (QED) is 0.769. The zero-order chi connectivity index (χ0) is 9.68. The Labute approximate surface area is 87.9 Å². The molecule has 2 nitrogen and oxygen atoms in total. The third kappa shape index (κ3) is 3.29. The number of aryl methyl sites for hydroxylation is 1. The molecule has 13 heavy (non-hydrogen) atoms. The number of nitrogens with zero attached hydrogens (tertiary/aromatic N) is 1. The molecule has 2 N–H and O–H groups in total. The Kier molecular flexibility index (Phi) is 4.77. The molecule has 0 atom stereocenters. The first kappa shape index (κ1) is 11.0. The first-order valence-electron chi connectivity index (χ1n) is 4.51. The van der Waals surface area contributed by atoms with Crippen LogP contribution in [0.5, 0.6) is 0 Å². The van der Waals surface area contributed by atoms with Gasteiger partial charge in [0.2, 0.25) is 0 Å². The first-order valence-corrected chi connectivity index (χ1v) is 6.48. The molecule has 0 bridgehead atoms. The van der Waals surface area contributed by atoms with E-state index >= 15 is 0 Å². The summed E-state index contributed by atoms with van der Waals surface area (Å²) in [5.74, 6) is 2.26. The third-order valence-electron chi connectivity index (χ3n) is 1.70. The predicted molar refractivity (Wildman–Crippen MR) is 61.2 cm³/mol. The van der Waals surface area contributed by atoms with Gasteiger partial charge in [0.25, 0.3) is 0 Å². The number of aromatic nitrogens is 1. The Morgan fingerprint density at radius 3 is 2.85 bits per heavy atom. The van der Waals surface area contributed by atoms with Crippen LogP contribution in [-0.4, -0.2) is 10.7 Å². The highest BCUT2D eigenvalue weighted by Crippen LogP contribution is 2.21. The normalized spacial score (nSPS) is 10.7. The van der Waals surface area contributed by atoms with Crippen molar-refractivity contribution in [1.82, 2.24) is 4.98 Å². The van der Waals surface area contributed by atoms with Crippen molar-refractivity contribution in [2.45, 2.75) is 32.6 Å². The lowest BCUT2D eigenvalue weighted by molar-refractivity contribution is 1.05. The summed E-state index contributed by atoms with van der Waals surface area (Å²) < 4.78 is 0. The summed E-state index contributed by atoms with van der Waals surface area (Å²) in [6, 6.07) is 0. The van der Waals surface area contributed by atoms with E-state index in [0.29, 0.717) is 6.54 Å². The zero-order valence-electron chi connectivity index (χ0n) is 8.17. The molecule has 1 rings (SSSR count). The van der Waals surface area contributed by atoms with Gasteiger partial charge in [-0.3, -0.25) is 0 Å². The van der Waals surface area contributed by atoms with Crippen molar-refractivity contribution >= 4 is 23.1 Å². The molecule has 0 amide bonds. The van der Waals surface area contributed by atoms with Crippen molar-refractivity contribution in [2.24, 2.45) is 5.73 Å². The van der Waals surface area contributed by atoms with E-state index in [9.17, 15) is 0 Å². The van der Waals surface area contributed by atoms with E-state index in [-0.39, 0.29) is 0 Å². The molecule has 0 unspecified atom stereocenters. The Morgan fingerprint density at radius 2 is 2.31 bits per heavy atom. The molecule has 1 aromatic heterocycles. The van der Waals surface area contributed by atoms with Gasteiger partial charge in [-0.05, 0) is 19.1 Å². The van der Waals surface area contributed by atoms with Crippen LogP contribution in [0.1, 0.15) is 28.9 Å². The summed E-state index contributed by atoms with van der Waals surface area (Å²) in [5.41, 5.74) is 6.69. The molecule has 0 radical (unpaired) electrons. The van der Waals surface area contributed by atoms with Crippen LogP contribution in [0, 0.1) is 6.92 Å². The monoisotopic (exact) mass is 216 g/mol. The Hall–Kier alpha value is -0.0600. The van der Waals surface area contributed by atoms with Crippen molar-refractivity contribution < 1.29 is 0 Å². The van der Waals surface area contributed by atoms with E-state index in [4.69, 9.17) is 5.73 Å². The lowest BCUT2D eigenvalue weighted by Gasteiger charge is -1.93. The van der Waals surface area contributed by atoms with E-state index in [2.05, 4.69) is 11.9 Å². The van der Waals surface area contributed by atoms with Crippen LogP contribution in [-0.2, 0) is 12.3 Å². The van der Waals surface area contributed by atoms with Gasteiger partial charge in [-0.1, -0.05) is 6.92 Å². The van der Waals surface area contributed by atoms with Gasteiger partial charge < -0.3 is 5.73 Å². The average molecular weight is 216 g/mol. The molecule has 0 saturated carbocycles. The van der Waals surface area contributed by atoms with Gasteiger partial charge >= 0.3 is 0 Å². The van der Waals surface area contributed by atoms with Gasteiger partial charge in [0.15, 0.2) is 0 Å². The summed E-state index contributed by atoms with van der Waals surface area (Å²) in [6.07, 6.45) is 1.23. The van der Waals surface area contributed by atoms with Gasteiger partial charge in [-0.25, -0.2) is 4.98 Å². The minimum Gasteiger partial charge on any atom is -0.326 e. The van der Waals surface area contributed by atoms with Crippen LogP contribution in [0.25, 0.3) is 0 Å². The van der Waals surface area contributed by atoms with Crippen LogP contribution >= 0.6 is 23.1 Å². The van der Waals surface area contributed by atoms with Crippen molar-refractivity contribution in [3.63, 3.8) is 0 Å². The molecule has 0 aliphatic rings. The molecule has 0 spiro atoms. The standard InChI is InChI=1S/C9H16N2S2/c1-3-4-12-6-9-11-7(2)8(5-10)13-9/h3-6,10H2,1-2H3. The van der Waals surface area contributed by atoms with Crippen LogP contribution in [0.15, 0.2) is 0 Å². The fourth-order valence-corrected chi connectivity index (χ4v) is 2.94. The van der Waals surface area contributed by atoms with Crippen LogP contribution in [0.2, 0.25) is 0 Å². The van der Waals surface area contributed by atoms with E-state index < -0.39 is 0 Å². The molecule has 0 saturated heterocycles. The fourth-order valence-electron chi connectivity index (χ4n) is 1.04. The van der Waals surface area contributed by atoms with Crippen molar-refractivity contribution in [2.75, 3.05) is 5.75 Å². The third-order valence-corrected chi connectivity index (χ3v) is 4.23. The summed E-state index contributed by atoms with van der Waals surface area (Å²) in [4.78, 5) is 5.70. The lowest BCUT2D eigenvalue weighted by Crippen LogP contribution is -1.94. The van der Waals surface area contributed by atoms with E-state index in [1.807, 2.05) is 18.7 Å². The van der Waals surface area contributed by atoms with Crippen molar-refractivity contribution in [1.29, 1.82) is 0 Å². The van der Waals surface area contributed by atoms with Gasteiger partial charge in [0.1, 0.15) is 5.01 Å². The van der Waals surface area contributed by atoms with E-state index in [0.717, 1.165) is 11.4 Å². The Bertz CT molecular complexity index is 258. The number of thioether (sulfide) groups is 1. The topological polar surface area (TPSA) is 38.9 Å². The van der Waals surface area contributed by atoms with Gasteiger partial charge in [-0.2, -0.15) is 11.8 Å². The smallest absolute Gasteiger partial charge is 0.103 e. The zero-order valence-corrected chi connectivity index (χ0v) is 9.80. The molecule has 1 heterocycles. The number of nitrogens with two attached hydrogens (primary N) is 1. The number of hydrogen-bond acceptors (Lipinski definition) is 4. The number of hydrogen-bond donors (Lipinski definition) is 1. The maximum Gasteiger partial charge on any atom is 0.103 e. The van der Waals surface area contributed by atoms with Crippen molar-refractivity contribution in [3.8, 4) is 0 Å². The Morgan fingerprint density at radius 1 is 1.54 bits per heavy atom. The van der Waals surface area contributed by atoms with Crippen molar-refractivity contribution in [3.05, 3.63) is 15.6 Å². The molecular weight excluding hydrogens is 200 g/mol. The highest BCUT2D eigenvalue weighted by atomic mass is 32.2. The number of thiazole rings is 1. The molecule has 4 heteroatoms. The van der Waals surface area contributed by atoms with Gasteiger partial charge in [-0.15, -0.1) is 11.3 Å². The second-order valence-electron chi connectivity index (χ2n) is 2.87. The molecule has 0 aliphatic carbocycles. The van der Waals surface area contributed by atoms with Gasteiger partial charge in [0.05, 0.1) is 5.69 Å². The minimum atomic E-state index is 0.627. The minimum absolute atomic E-state index is 0.627. The molecule has 0 fully saturated rings. The second-order valence-corrected chi connectivity index (χ2v) is 5.15. The van der Waals surface area contributed by atoms with Crippen LogP contribution in [0.4, 0.5) is 0 Å². The predicted octanol–water partition coefficient (Wildman–Crippen LogP) is 2.55. The summed E-state index contributed by atoms with van der Waals surface area (Å²) in [5, 5.41) is 1.22. The molecule has 0 aliphatic heterocycles. The number of rotatable bonds is 5. The highest BCUT2D eigenvalue weighted by molar-refractivity contribution is 7.98. The molecular formula is C9H16N2S2. The summed E-state index contributed by atoms with van der Waals surface area (Å²) >= 11 is 3.70. The average Bonchev–Trinajstić information content (AvgIpc) is 2.47. The largest absolute Gasteiger partial charge is 0.326 e. The fraction of sp³-hybridized carbons (Fsp3) is 0.667. The Balaban J connectivity index is 2.48. The van der Waals surface area contributed by atoms with E-state index in [1.54, 1.807) is 11.3 Å². The maximum absolute atomic E-state index is 5.58. The highest BCUT2D eigenvalue weighted by Gasteiger charge is 2.05. The summed E-state index contributed by atoms with van der Waals surface area (Å²) in [7, 11) is 0. The lowest BCUT2D eigenvalue weighted by atomic mass is 10.4. The van der Waals surface area contributed by atoms with Crippen LogP contribution < -0.4 is 5.73 Å². The first-order chi connectivity index (χ1) is 6.27. The van der Waals surface area contributed by atoms with Gasteiger partial charge in [0, 0.05) is 17.2 Å². The molecule has 1 aromatic rings. The SMILES string of the molecule is CCCSCc1nc(C)c(CN)s1. The summed E-state index contributed by atoms with van der Waals surface area (Å²) in [6.45, 7) is 4.86. The van der Waals surface area contributed by atoms with Crippen LogP contribution in [0.3, 0.4) is 0 Å². The second kappa shape index (κ2) is 5.62. The molecule has 74 valence electrons. The maximum atomic E-state index is 5.58. The molecule has 0 aromatic carbocycles. The van der Waals surface area contributed by atoms with E-state index in [1.165, 1.54) is 22.1 Å².